The molecule has 0 aliphatic heterocycles. The number of hydrogen-bond donors (Lipinski definition) is 1. The third-order valence-corrected chi connectivity index (χ3v) is 2.39. The predicted octanol–water partition coefficient (Wildman–Crippen LogP) is 2.72. The summed E-state index contributed by atoms with van der Waals surface area (Å²) in [6, 6.07) is 6.99. The van der Waals surface area contributed by atoms with Crippen LogP contribution in [0.5, 0.6) is 5.75 Å². The molecule has 0 saturated heterocycles. The van der Waals surface area contributed by atoms with Gasteiger partial charge in [-0.05, 0) is 51.8 Å². The molecule has 0 radical (unpaired) electrons. The minimum Gasteiger partial charge on any atom is -0.488 e. The normalized spacial score (nSPS) is 12.2. The van der Waals surface area contributed by atoms with Crippen LogP contribution < -0.4 is 10.5 Å². The lowest BCUT2D eigenvalue weighted by Gasteiger charge is -2.21. The van der Waals surface area contributed by atoms with Crippen molar-refractivity contribution in [3.63, 3.8) is 0 Å². The van der Waals surface area contributed by atoms with Crippen molar-refractivity contribution in [1.29, 1.82) is 0 Å². The van der Waals surface area contributed by atoms with Crippen LogP contribution in [0.2, 0.25) is 0 Å². The average molecular weight is 302 g/mol. The maximum atomic E-state index is 11.4. The van der Waals surface area contributed by atoms with Gasteiger partial charge >= 0.3 is 5.97 Å². The molecule has 4 nitrogen and oxygen atoms in total. The number of benzene rings is 1. The molecule has 1 atom stereocenters. The average Bonchev–Trinajstić information content (AvgIpc) is 2.30. The van der Waals surface area contributed by atoms with Gasteiger partial charge < -0.3 is 15.2 Å². The second kappa shape index (κ2) is 8.12. The zero-order chi connectivity index (χ0) is 14.5. The van der Waals surface area contributed by atoms with Gasteiger partial charge in [-0.25, -0.2) is 0 Å². The molecular weight excluding hydrogens is 278 g/mol. The molecule has 0 aliphatic carbocycles. The second-order valence-electron chi connectivity index (χ2n) is 5.42. The van der Waals surface area contributed by atoms with E-state index in [2.05, 4.69) is 0 Å². The molecule has 0 fully saturated rings. The third-order valence-electron chi connectivity index (χ3n) is 2.39. The Bertz CT molecular complexity index is 412. The molecule has 0 saturated carbocycles. The molecule has 0 bridgehead atoms. The zero-order valence-corrected chi connectivity index (χ0v) is 13.3. The maximum Gasteiger partial charge on any atom is 0.323 e. The lowest BCUT2D eigenvalue weighted by Crippen LogP contribution is -2.34. The number of esters is 1. The van der Waals surface area contributed by atoms with Gasteiger partial charge in [0, 0.05) is 0 Å². The topological polar surface area (TPSA) is 61.5 Å². The summed E-state index contributed by atoms with van der Waals surface area (Å²) in [4.78, 5) is 11.4. The molecule has 0 aliphatic rings. The van der Waals surface area contributed by atoms with Gasteiger partial charge in [0.05, 0.1) is 6.61 Å². The Morgan fingerprint density at radius 3 is 2.25 bits per heavy atom. The highest BCUT2D eigenvalue weighted by molar-refractivity contribution is 5.85. The van der Waals surface area contributed by atoms with Crippen LogP contribution in [0.25, 0.3) is 0 Å². The van der Waals surface area contributed by atoms with Crippen LogP contribution in [0.3, 0.4) is 0 Å². The Kier molecular flexibility index (Phi) is 7.61. The summed E-state index contributed by atoms with van der Waals surface area (Å²) in [7, 11) is 0. The molecular formula is C15H24ClNO3. The number of nitrogens with two attached hydrogens (primary N) is 1. The van der Waals surface area contributed by atoms with Crippen molar-refractivity contribution in [2.75, 3.05) is 6.61 Å². The van der Waals surface area contributed by atoms with Crippen LogP contribution in [-0.2, 0) is 16.0 Å². The van der Waals surface area contributed by atoms with Crippen LogP contribution in [0.4, 0.5) is 0 Å². The van der Waals surface area contributed by atoms with E-state index in [1.165, 1.54) is 0 Å². The highest BCUT2D eigenvalue weighted by Gasteiger charge is 2.15. The first kappa shape index (κ1) is 18.7. The van der Waals surface area contributed by atoms with Gasteiger partial charge in [-0.15, -0.1) is 12.4 Å². The molecule has 0 spiro atoms. The van der Waals surface area contributed by atoms with E-state index in [1.807, 2.05) is 45.0 Å². The van der Waals surface area contributed by atoms with Gasteiger partial charge in [-0.2, -0.15) is 0 Å². The van der Waals surface area contributed by atoms with Crippen LogP contribution in [-0.4, -0.2) is 24.2 Å². The number of carbonyl (C=O) groups excluding carboxylic acids is 1. The fourth-order valence-electron chi connectivity index (χ4n) is 1.63. The Balaban J connectivity index is 0.00000361. The number of hydrogen-bond acceptors (Lipinski definition) is 4. The fraction of sp³-hybridized carbons (Fsp3) is 0.533. The van der Waals surface area contributed by atoms with Crippen molar-refractivity contribution in [3.8, 4) is 5.75 Å². The number of carbonyl (C=O) groups is 1. The van der Waals surface area contributed by atoms with E-state index in [4.69, 9.17) is 15.2 Å². The van der Waals surface area contributed by atoms with Crippen LogP contribution >= 0.6 is 12.4 Å². The molecule has 114 valence electrons. The Labute approximate surface area is 127 Å². The summed E-state index contributed by atoms with van der Waals surface area (Å²) in [5.74, 6) is 0.443. The molecule has 0 heterocycles. The van der Waals surface area contributed by atoms with E-state index >= 15 is 0 Å². The molecule has 5 heteroatoms. The van der Waals surface area contributed by atoms with E-state index in [0.29, 0.717) is 13.0 Å². The van der Waals surface area contributed by atoms with Gasteiger partial charge in [0.2, 0.25) is 0 Å². The number of rotatable bonds is 5. The maximum absolute atomic E-state index is 11.4. The van der Waals surface area contributed by atoms with Crippen molar-refractivity contribution in [1.82, 2.24) is 0 Å². The quantitative estimate of drug-likeness (QED) is 0.850. The molecule has 1 aromatic carbocycles. The predicted molar refractivity (Wildman–Crippen MR) is 82.4 cm³/mol. The summed E-state index contributed by atoms with van der Waals surface area (Å²) in [6.07, 6.45) is 0.467. The first-order valence-electron chi connectivity index (χ1n) is 6.52. The molecule has 1 rings (SSSR count). The zero-order valence-electron chi connectivity index (χ0n) is 12.5. The lowest BCUT2D eigenvalue weighted by molar-refractivity contribution is -0.144. The minimum atomic E-state index is -0.616. The fourth-order valence-corrected chi connectivity index (χ4v) is 1.63. The highest BCUT2D eigenvalue weighted by atomic mass is 35.5. The van der Waals surface area contributed by atoms with Gasteiger partial charge in [0.15, 0.2) is 0 Å². The largest absolute Gasteiger partial charge is 0.488 e. The summed E-state index contributed by atoms with van der Waals surface area (Å²) in [5.41, 5.74) is 6.54. The van der Waals surface area contributed by atoms with E-state index in [-0.39, 0.29) is 24.0 Å². The van der Waals surface area contributed by atoms with Crippen molar-refractivity contribution in [2.24, 2.45) is 5.73 Å². The summed E-state index contributed by atoms with van der Waals surface area (Å²) in [6.45, 7) is 8.11. The minimum absolute atomic E-state index is 0. The highest BCUT2D eigenvalue weighted by Crippen LogP contribution is 2.19. The lowest BCUT2D eigenvalue weighted by atomic mass is 10.1. The van der Waals surface area contributed by atoms with E-state index in [0.717, 1.165) is 11.3 Å². The molecule has 0 aromatic heterocycles. The third kappa shape index (κ3) is 6.78. The SMILES string of the molecule is CCOC(=O)[C@@H](N)Cc1ccc(OC(C)(C)C)cc1.Cl. The van der Waals surface area contributed by atoms with Crippen molar-refractivity contribution in [3.05, 3.63) is 29.8 Å². The van der Waals surface area contributed by atoms with Gasteiger partial charge in [-0.3, -0.25) is 4.79 Å². The first-order chi connectivity index (χ1) is 8.81. The van der Waals surface area contributed by atoms with Gasteiger partial charge in [-0.1, -0.05) is 12.1 Å². The Morgan fingerprint density at radius 2 is 1.80 bits per heavy atom. The number of ether oxygens (including phenoxy) is 2. The van der Waals surface area contributed by atoms with Crippen LogP contribution in [0.1, 0.15) is 33.3 Å². The molecule has 0 unspecified atom stereocenters. The van der Waals surface area contributed by atoms with E-state index < -0.39 is 6.04 Å². The summed E-state index contributed by atoms with van der Waals surface area (Å²) >= 11 is 0. The Morgan fingerprint density at radius 1 is 1.25 bits per heavy atom. The smallest absolute Gasteiger partial charge is 0.323 e. The Hall–Kier alpha value is -1.26. The molecule has 1 aromatic rings. The molecule has 2 N–H and O–H groups in total. The summed E-state index contributed by atoms with van der Waals surface area (Å²) in [5, 5.41) is 0. The van der Waals surface area contributed by atoms with Gasteiger partial charge in [0.25, 0.3) is 0 Å². The van der Waals surface area contributed by atoms with Crippen molar-refractivity contribution in [2.45, 2.75) is 45.8 Å². The van der Waals surface area contributed by atoms with Crippen LogP contribution in [0.15, 0.2) is 24.3 Å². The molecule has 0 amide bonds. The van der Waals surface area contributed by atoms with E-state index in [9.17, 15) is 4.79 Å². The molecule has 20 heavy (non-hydrogen) atoms. The first-order valence-corrected chi connectivity index (χ1v) is 6.52. The monoisotopic (exact) mass is 301 g/mol. The van der Waals surface area contributed by atoms with E-state index in [1.54, 1.807) is 6.92 Å². The van der Waals surface area contributed by atoms with Crippen molar-refractivity contribution < 1.29 is 14.3 Å². The van der Waals surface area contributed by atoms with Gasteiger partial charge in [0.1, 0.15) is 17.4 Å². The summed E-state index contributed by atoms with van der Waals surface area (Å²) < 4.78 is 10.6. The number of halogens is 1. The van der Waals surface area contributed by atoms with Crippen LogP contribution in [0, 0.1) is 0 Å². The van der Waals surface area contributed by atoms with Crippen molar-refractivity contribution >= 4 is 18.4 Å². The standard InChI is InChI=1S/C15H23NO3.ClH/c1-5-18-14(17)13(16)10-11-6-8-12(9-7-11)19-15(2,3)4;/h6-9,13H,5,10,16H2,1-4H3;1H/t13-;/m0./s1. The second-order valence-corrected chi connectivity index (χ2v) is 5.42.